The van der Waals surface area contributed by atoms with Crippen LogP contribution in [0.4, 0.5) is 5.69 Å². The third kappa shape index (κ3) is 2.74. The first kappa shape index (κ1) is 13.1. The zero-order valence-corrected chi connectivity index (χ0v) is 11.3. The third-order valence-corrected chi connectivity index (χ3v) is 3.28. The fourth-order valence-electron chi connectivity index (χ4n) is 1.87. The van der Waals surface area contributed by atoms with Crippen molar-refractivity contribution in [1.82, 2.24) is 4.98 Å². The number of anilines is 1. The molecule has 96 valence electrons. The number of nitrogens with zero attached hydrogens (tertiary/aromatic N) is 1. The standard InChI is InChI=1S/C14H17ClN2O/c1-9(2)14(8-18)17-13-5-6-16-12-4-3-10(15)7-11(12)13/h3-7,9,14,18H,8H2,1-2H3,(H,16,17)/t14-/m1/s1. The van der Waals surface area contributed by atoms with Crippen molar-refractivity contribution in [3.8, 4) is 0 Å². The number of halogens is 1. The van der Waals surface area contributed by atoms with Gasteiger partial charge in [0.1, 0.15) is 0 Å². The number of aromatic nitrogens is 1. The smallest absolute Gasteiger partial charge is 0.0723 e. The van der Waals surface area contributed by atoms with Crippen molar-refractivity contribution in [2.75, 3.05) is 11.9 Å². The number of hydrogen-bond acceptors (Lipinski definition) is 3. The number of rotatable bonds is 4. The number of nitrogens with one attached hydrogen (secondary N) is 1. The van der Waals surface area contributed by atoms with Gasteiger partial charge >= 0.3 is 0 Å². The van der Waals surface area contributed by atoms with Crippen molar-refractivity contribution in [2.45, 2.75) is 19.9 Å². The SMILES string of the molecule is CC(C)[C@@H](CO)Nc1ccnc2ccc(Cl)cc12. The maximum atomic E-state index is 9.38. The summed E-state index contributed by atoms with van der Waals surface area (Å²) in [4.78, 5) is 4.30. The molecule has 0 amide bonds. The lowest BCUT2D eigenvalue weighted by Gasteiger charge is -2.22. The second kappa shape index (κ2) is 5.55. The van der Waals surface area contributed by atoms with Gasteiger partial charge in [0.25, 0.3) is 0 Å². The Kier molecular flexibility index (Phi) is 4.04. The summed E-state index contributed by atoms with van der Waals surface area (Å²) >= 11 is 6.02. The number of benzene rings is 1. The fourth-order valence-corrected chi connectivity index (χ4v) is 2.04. The first-order valence-corrected chi connectivity index (χ1v) is 6.41. The predicted molar refractivity (Wildman–Crippen MR) is 76.1 cm³/mol. The van der Waals surface area contributed by atoms with Crippen LogP contribution in [0.5, 0.6) is 0 Å². The summed E-state index contributed by atoms with van der Waals surface area (Å²) in [6, 6.07) is 7.54. The molecule has 0 aliphatic heterocycles. The number of aliphatic hydroxyl groups is 1. The van der Waals surface area contributed by atoms with Gasteiger partial charge in [-0.2, -0.15) is 0 Å². The van der Waals surface area contributed by atoms with Gasteiger partial charge in [-0.3, -0.25) is 4.98 Å². The van der Waals surface area contributed by atoms with E-state index in [1.807, 2.05) is 24.3 Å². The van der Waals surface area contributed by atoms with E-state index in [2.05, 4.69) is 24.1 Å². The van der Waals surface area contributed by atoms with Gasteiger partial charge in [0, 0.05) is 22.3 Å². The van der Waals surface area contributed by atoms with Crippen LogP contribution in [0.3, 0.4) is 0 Å². The van der Waals surface area contributed by atoms with Crippen molar-refractivity contribution in [3.05, 3.63) is 35.5 Å². The molecular weight excluding hydrogens is 248 g/mol. The molecule has 18 heavy (non-hydrogen) atoms. The molecule has 2 N–H and O–H groups in total. The first-order chi connectivity index (χ1) is 8.61. The van der Waals surface area contributed by atoms with Crippen molar-refractivity contribution in [3.63, 3.8) is 0 Å². The summed E-state index contributed by atoms with van der Waals surface area (Å²) in [5.74, 6) is 0.345. The van der Waals surface area contributed by atoms with Crippen LogP contribution in [0.25, 0.3) is 10.9 Å². The molecule has 0 radical (unpaired) electrons. The Hall–Kier alpha value is -1.32. The van der Waals surface area contributed by atoms with E-state index in [0.717, 1.165) is 16.6 Å². The highest BCUT2D eigenvalue weighted by atomic mass is 35.5. The van der Waals surface area contributed by atoms with Crippen LogP contribution in [0.2, 0.25) is 5.02 Å². The number of aliphatic hydroxyl groups excluding tert-OH is 1. The quantitative estimate of drug-likeness (QED) is 0.891. The van der Waals surface area contributed by atoms with Gasteiger partial charge in [-0.25, -0.2) is 0 Å². The van der Waals surface area contributed by atoms with E-state index < -0.39 is 0 Å². The van der Waals surface area contributed by atoms with E-state index in [4.69, 9.17) is 11.6 Å². The topological polar surface area (TPSA) is 45.1 Å². The third-order valence-electron chi connectivity index (χ3n) is 3.05. The van der Waals surface area contributed by atoms with Crippen molar-refractivity contribution < 1.29 is 5.11 Å². The minimum Gasteiger partial charge on any atom is -0.394 e. The van der Waals surface area contributed by atoms with Gasteiger partial charge in [0.15, 0.2) is 0 Å². The molecule has 0 spiro atoms. The van der Waals surface area contributed by atoms with E-state index in [-0.39, 0.29) is 12.6 Å². The molecule has 0 fully saturated rings. The second-order valence-corrected chi connectivity index (χ2v) is 5.13. The monoisotopic (exact) mass is 264 g/mol. The Bertz CT molecular complexity index is 542. The van der Waals surface area contributed by atoms with E-state index in [9.17, 15) is 5.11 Å². The molecule has 1 aromatic carbocycles. The molecule has 4 heteroatoms. The molecule has 0 saturated carbocycles. The maximum absolute atomic E-state index is 9.38. The van der Waals surface area contributed by atoms with Gasteiger partial charge in [0.2, 0.25) is 0 Å². The number of hydrogen-bond donors (Lipinski definition) is 2. The van der Waals surface area contributed by atoms with Gasteiger partial charge in [0.05, 0.1) is 18.2 Å². The van der Waals surface area contributed by atoms with E-state index in [0.29, 0.717) is 10.9 Å². The van der Waals surface area contributed by atoms with Gasteiger partial charge in [-0.05, 0) is 30.2 Å². The Morgan fingerprint density at radius 2 is 2.11 bits per heavy atom. The fraction of sp³-hybridized carbons (Fsp3) is 0.357. The van der Waals surface area contributed by atoms with Crippen LogP contribution in [-0.4, -0.2) is 22.7 Å². The minimum absolute atomic E-state index is 0.0228. The predicted octanol–water partition coefficient (Wildman–Crippen LogP) is 3.32. The first-order valence-electron chi connectivity index (χ1n) is 6.03. The molecule has 0 unspecified atom stereocenters. The Morgan fingerprint density at radius 3 is 2.78 bits per heavy atom. The highest BCUT2D eigenvalue weighted by Gasteiger charge is 2.13. The lowest BCUT2D eigenvalue weighted by molar-refractivity contribution is 0.249. The summed E-state index contributed by atoms with van der Waals surface area (Å²) in [6.07, 6.45) is 1.76. The average molecular weight is 265 g/mol. The molecule has 0 aliphatic carbocycles. The zero-order chi connectivity index (χ0) is 13.1. The lowest BCUT2D eigenvalue weighted by Crippen LogP contribution is -2.29. The van der Waals surface area contributed by atoms with Crippen molar-refractivity contribution in [1.29, 1.82) is 0 Å². The van der Waals surface area contributed by atoms with Crippen LogP contribution in [-0.2, 0) is 0 Å². The highest BCUT2D eigenvalue weighted by Crippen LogP contribution is 2.26. The summed E-state index contributed by atoms with van der Waals surface area (Å²) in [5, 5.41) is 14.4. The zero-order valence-electron chi connectivity index (χ0n) is 10.5. The molecular formula is C14H17ClN2O. The van der Waals surface area contributed by atoms with E-state index in [1.54, 1.807) is 6.20 Å². The maximum Gasteiger partial charge on any atom is 0.0723 e. The Balaban J connectivity index is 2.41. The van der Waals surface area contributed by atoms with Crippen LogP contribution in [0, 0.1) is 5.92 Å². The summed E-state index contributed by atoms with van der Waals surface area (Å²) in [5.41, 5.74) is 1.85. The molecule has 0 bridgehead atoms. The van der Waals surface area contributed by atoms with Gasteiger partial charge in [-0.15, -0.1) is 0 Å². The van der Waals surface area contributed by atoms with Gasteiger partial charge < -0.3 is 10.4 Å². The molecule has 0 saturated heterocycles. The number of fused-ring (bicyclic) bond motifs is 1. The summed E-state index contributed by atoms with van der Waals surface area (Å²) < 4.78 is 0. The molecule has 0 aliphatic rings. The summed E-state index contributed by atoms with van der Waals surface area (Å²) in [6.45, 7) is 4.25. The van der Waals surface area contributed by atoms with Crippen molar-refractivity contribution >= 4 is 28.2 Å². The van der Waals surface area contributed by atoms with Crippen LogP contribution < -0.4 is 5.32 Å². The molecule has 2 aromatic rings. The molecule has 3 nitrogen and oxygen atoms in total. The highest BCUT2D eigenvalue weighted by molar-refractivity contribution is 6.31. The Morgan fingerprint density at radius 1 is 1.33 bits per heavy atom. The lowest BCUT2D eigenvalue weighted by atomic mass is 10.0. The van der Waals surface area contributed by atoms with E-state index >= 15 is 0 Å². The molecule has 1 heterocycles. The summed E-state index contributed by atoms with van der Waals surface area (Å²) in [7, 11) is 0. The minimum atomic E-state index is 0.0228. The normalized spacial score (nSPS) is 12.9. The average Bonchev–Trinajstić information content (AvgIpc) is 2.35. The largest absolute Gasteiger partial charge is 0.394 e. The van der Waals surface area contributed by atoms with Crippen LogP contribution in [0.15, 0.2) is 30.5 Å². The van der Waals surface area contributed by atoms with E-state index in [1.165, 1.54) is 0 Å². The molecule has 2 rings (SSSR count). The van der Waals surface area contributed by atoms with Crippen LogP contribution in [0.1, 0.15) is 13.8 Å². The van der Waals surface area contributed by atoms with Crippen LogP contribution >= 0.6 is 11.6 Å². The molecule has 1 aromatic heterocycles. The van der Waals surface area contributed by atoms with Crippen molar-refractivity contribution in [2.24, 2.45) is 5.92 Å². The Labute approximate surface area is 112 Å². The molecule has 1 atom stereocenters. The second-order valence-electron chi connectivity index (χ2n) is 4.70. The van der Waals surface area contributed by atoms with Gasteiger partial charge in [-0.1, -0.05) is 25.4 Å². The number of pyridine rings is 1.